The minimum absolute atomic E-state index is 0.0480. The van der Waals surface area contributed by atoms with Gasteiger partial charge in [0.2, 0.25) is 5.91 Å². The Morgan fingerprint density at radius 3 is 2.62 bits per heavy atom. The van der Waals surface area contributed by atoms with Crippen LogP contribution in [0.25, 0.3) is 10.9 Å². The number of hydrogen-bond donors (Lipinski definition) is 2. The van der Waals surface area contributed by atoms with E-state index < -0.39 is 0 Å². The second-order valence-electron chi connectivity index (χ2n) is 7.64. The molecule has 4 nitrogen and oxygen atoms in total. The zero-order valence-corrected chi connectivity index (χ0v) is 17.2. The summed E-state index contributed by atoms with van der Waals surface area (Å²) in [5.41, 5.74) is 2.60. The first-order valence-electron chi connectivity index (χ1n) is 9.90. The number of carbonyl (C=O) groups excluding carboxylic acids is 1. The van der Waals surface area contributed by atoms with Gasteiger partial charge in [0.1, 0.15) is 5.82 Å². The number of rotatable bonds is 4. The molecule has 150 valence electrons. The SMILES string of the molecule is CC(C(=O)Nc1ccc(S)cc1)C1CCN(c2ccnc3ccc(F)cc23)CC1. The van der Waals surface area contributed by atoms with Crippen molar-refractivity contribution in [2.75, 3.05) is 23.3 Å². The third-order valence-electron chi connectivity index (χ3n) is 5.82. The molecule has 4 rings (SSSR count). The molecule has 0 saturated carbocycles. The zero-order chi connectivity index (χ0) is 20.4. The maximum Gasteiger partial charge on any atom is 0.227 e. The fraction of sp³-hybridized carbons (Fsp3) is 0.304. The van der Waals surface area contributed by atoms with E-state index in [9.17, 15) is 9.18 Å². The summed E-state index contributed by atoms with van der Waals surface area (Å²) in [5, 5.41) is 3.84. The Kier molecular flexibility index (Phi) is 5.72. The van der Waals surface area contributed by atoms with Crippen molar-refractivity contribution in [3.63, 3.8) is 0 Å². The molecule has 3 aromatic rings. The standard InChI is InChI=1S/C23H24FN3OS/c1-15(23(28)26-18-3-5-19(29)6-4-18)16-9-12-27(13-10-16)22-8-11-25-21-7-2-17(24)14-20(21)22/h2-8,11,14-16,29H,9-10,12-13H2,1H3,(H,26,28). The lowest BCUT2D eigenvalue weighted by atomic mass is 9.84. The van der Waals surface area contributed by atoms with E-state index in [2.05, 4.69) is 27.8 Å². The van der Waals surface area contributed by atoms with Gasteiger partial charge in [0.15, 0.2) is 0 Å². The van der Waals surface area contributed by atoms with Gasteiger partial charge in [-0.2, -0.15) is 0 Å². The van der Waals surface area contributed by atoms with Crippen molar-refractivity contribution in [2.24, 2.45) is 11.8 Å². The summed E-state index contributed by atoms with van der Waals surface area (Å²) in [7, 11) is 0. The molecule has 2 heterocycles. The number of nitrogens with zero attached hydrogens (tertiary/aromatic N) is 2. The Morgan fingerprint density at radius 2 is 1.90 bits per heavy atom. The Morgan fingerprint density at radius 1 is 1.17 bits per heavy atom. The van der Waals surface area contributed by atoms with Gasteiger partial charge in [0.05, 0.1) is 5.52 Å². The fourth-order valence-electron chi connectivity index (χ4n) is 4.03. The van der Waals surface area contributed by atoms with Crippen LogP contribution in [0.15, 0.2) is 59.6 Å². The zero-order valence-electron chi connectivity index (χ0n) is 16.3. The van der Waals surface area contributed by atoms with Crippen LogP contribution in [0, 0.1) is 17.7 Å². The van der Waals surface area contributed by atoms with Crippen molar-refractivity contribution in [2.45, 2.75) is 24.7 Å². The average Bonchev–Trinajstić information content (AvgIpc) is 2.74. The van der Waals surface area contributed by atoms with Crippen molar-refractivity contribution in [3.8, 4) is 0 Å². The minimum atomic E-state index is -0.252. The normalized spacial score (nSPS) is 16.0. The maximum atomic E-state index is 13.7. The molecular weight excluding hydrogens is 385 g/mol. The summed E-state index contributed by atoms with van der Waals surface area (Å²) in [6, 6.07) is 14.1. The smallest absolute Gasteiger partial charge is 0.227 e. The molecule has 0 bridgehead atoms. The molecule has 1 atom stereocenters. The molecule has 1 aromatic heterocycles. The molecule has 1 amide bonds. The topological polar surface area (TPSA) is 45.2 Å². The van der Waals surface area contributed by atoms with Gasteiger partial charge in [-0.05, 0) is 67.3 Å². The monoisotopic (exact) mass is 409 g/mol. The van der Waals surface area contributed by atoms with E-state index in [0.717, 1.165) is 53.1 Å². The number of amides is 1. The Balaban J connectivity index is 1.41. The van der Waals surface area contributed by atoms with Crippen LogP contribution in [0.5, 0.6) is 0 Å². The van der Waals surface area contributed by atoms with Gasteiger partial charge in [-0.3, -0.25) is 9.78 Å². The highest BCUT2D eigenvalue weighted by Gasteiger charge is 2.29. The van der Waals surface area contributed by atoms with Crippen molar-refractivity contribution in [1.82, 2.24) is 4.98 Å². The van der Waals surface area contributed by atoms with Crippen LogP contribution < -0.4 is 10.2 Å². The number of pyridine rings is 1. The van der Waals surface area contributed by atoms with Crippen LogP contribution in [0.1, 0.15) is 19.8 Å². The fourth-order valence-corrected chi connectivity index (χ4v) is 4.18. The van der Waals surface area contributed by atoms with Crippen molar-refractivity contribution in [3.05, 3.63) is 60.5 Å². The highest BCUT2D eigenvalue weighted by atomic mass is 32.1. The van der Waals surface area contributed by atoms with Crippen LogP contribution in [0.3, 0.4) is 0 Å². The Bertz CT molecular complexity index is 1020. The van der Waals surface area contributed by atoms with Crippen LogP contribution in [-0.4, -0.2) is 24.0 Å². The number of anilines is 2. The predicted octanol–water partition coefficient (Wildman–Crippen LogP) is 5.15. The Hall–Kier alpha value is -2.60. The van der Waals surface area contributed by atoms with Crippen molar-refractivity contribution >= 4 is 40.8 Å². The number of nitrogens with one attached hydrogen (secondary N) is 1. The third-order valence-corrected chi connectivity index (χ3v) is 6.11. The molecule has 1 aliphatic rings. The van der Waals surface area contributed by atoms with Crippen LogP contribution >= 0.6 is 12.6 Å². The van der Waals surface area contributed by atoms with Gasteiger partial charge < -0.3 is 10.2 Å². The number of halogens is 1. The summed E-state index contributed by atoms with van der Waals surface area (Å²) in [4.78, 5) is 20.1. The summed E-state index contributed by atoms with van der Waals surface area (Å²) in [5.74, 6) is 0.0457. The summed E-state index contributed by atoms with van der Waals surface area (Å²) < 4.78 is 13.7. The molecule has 0 aliphatic carbocycles. The molecule has 1 saturated heterocycles. The number of hydrogen-bond acceptors (Lipinski definition) is 4. The summed E-state index contributed by atoms with van der Waals surface area (Å²) >= 11 is 4.27. The molecule has 0 radical (unpaired) electrons. The van der Waals surface area contributed by atoms with Crippen molar-refractivity contribution in [1.29, 1.82) is 0 Å². The van der Waals surface area contributed by atoms with E-state index in [1.807, 2.05) is 37.3 Å². The molecule has 29 heavy (non-hydrogen) atoms. The van der Waals surface area contributed by atoms with E-state index >= 15 is 0 Å². The lowest BCUT2D eigenvalue weighted by Crippen LogP contribution is -2.38. The quantitative estimate of drug-likeness (QED) is 0.586. The lowest BCUT2D eigenvalue weighted by Gasteiger charge is -2.36. The first kappa shape index (κ1) is 19.7. The first-order chi connectivity index (χ1) is 14.0. The third kappa shape index (κ3) is 4.37. The van der Waals surface area contributed by atoms with E-state index in [4.69, 9.17) is 0 Å². The van der Waals surface area contributed by atoms with Crippen LogP contribution in [0.2, 0.25) is 0 Å². The second-order valence-corrected chi connectivity index (χ2v) is 8.16. The maximum absolute atomic E-state index is 13.7. The molecule has 1 aliphatic heterocycles. The highest BCUT2D eigenvalue weighted by Crippen LogP contribution is 2.32. The van der Waals surface area contributed by atoms with Gasteiger partial charge >= 0.3 is 0 Å². The number of thiol groups is 1. The summed E-state index contributed by atoms with van der Waals surface area (Å²) in [6.07, 6.45) is 3.61. The highest BCUT2D eigenvalue weighted by molar-refractivity contribution is 7.80. The van der Waals surface area contributed by atoms with Crippen molar-refractivity contribution < 1.29 is 9.18 Å². The number of fused-ring (bicyclic) bond motifs is 1. The number of carbonyl (C=O) groups is 1. The van der Waals surface area contributed by atoms with E-state index in [0.29, 0.717) is 5.92 Å². The van der Waals surface area contributed by atoms with Gasteiger partial charge in [-0.1, -0.05) is 6.92 Å². The summed E-state index contributed by atoms with van der Waals surface area (Å²) in [6.45, 7) is 3.68. The number of piperidine rings is 1. The predicted molar refractivity (Wildman–Crippen MR) is 118 cm³/mol. The second kappa shape index (κ2) is 8.41. The largest absolute Gasteiger partial charge is 0.371 e. The van der Waals surface area contributed by atoms with Gasteiger partial charge in [0, 0.05) is 46.9 Å². The molecule has 2 aromatic carbocycles. The Labute approximate surface area is 175 Å². The molecule has 0 spiro atoms. The lowest BCUT2D eigenvalue weighted by molar-refractivity contribution is -0.121. The van der Waals surface area contributed by atoms with Crippen LogP contribution in [-0.2, 0) is 4.79 Å². The number of aromatic nitrogens is 1. The van der Waals surface area contributed by atoms with Gasteiger partial charge in [0.25, 0.3) is 0 Å². The van der Waals surface area contributed by atoms with Gasteiger partial charge in [-0.25, -0.2) is 4.39 Å². The molecule has 1 unspecified atom stereocenters. The molecular formula is C23H24FN3OS. The average molecular weight is 410 g/mol. The van der Waals surface area contributed by atoms with E-state index in [1.54, 1.807) is 18.3 Å². The molecule has 1 fully saturated rings. The van der Waals surface area contributed by atoms with E-state index in [-0.39, 0.29) is 17.6 Å². The number of benzene rings is 2. The minimum Gasteiger partial charge on any atom is -0.371 e. The molecule has 6 heteroatoms. The van der Waals surface area contributed by atoms with Gasteiger partial charge in [-0.15, -0.1) is 12.6 Å². The first-order valence-corrected chi connectivity index (χ1v) is 10.3. The van der Waals surface area contributed by atoms with Crippen LogP contribution in [0.4, 0.5) is 15.8 Å². The molecule has 1 N–H and O–H groups in total. The van der Waals surface area contributed by atoms with E-state index in [1.165, 1.54) is 6.07 Å².